The van der Waals surface area contributed by atoms with Crippen LogP contribution in [0.5, 0.6) is 0 Å². The summed E-state index contributed by atoms with van der Waals surface area (Å²) in [5.74, 6) is -0.370. The third kappa shape index (κ3) is 3.30. The second-order valence-electron chi connectivity index (χ2n) is 5.56. The van der Waals surface area contributed by atoms with Gasteiger partial charge in [-0.3, -0.25) is 0 Å². The molecule has 2 rings (SSSR count). The molecule has 0 spiro atoms. The first-order valence-electron chi connectivity index (χ1n) is 6.54. The maximum atomic E-state index is 13.0. The number of aliphatic hydroxyl groups is 1. The van der Waals surface area contributed by atoms with Crippen LogP contribution in [0.1, 0.15) is 26.7 Å². The molecule has 1 heterocycles. The van der Waals surface area contributed by atoms with E-state index in [1.165, 1.54) is 18.2 Å². The molecule has 4 nitrogen and oxygen atoms in total. The van der Waals surface area contributed by atoms with Gasteiger partial charge in [0, 0.05) is 11.0 Å². The average Bonchev–Trinajstić information content (AvgIpc) is 2.81. The van der Waals surface area contributed by atoms with Crippen LogP contribution in [0.3, 0.4) is 0 Å². The molecule has 0 aliphatic carbocycles. The lowest BCUT2D eigenvalue weighted by atomic mass is 9.97. The highest BCUT2D eigenvalue weighted by atomic mass is 79.9. The van der Waals surface area contributed by atoms with Gasteiger partial charge in [0.25, 0.3) is 0 Å². The molecule has 1 aromatic carbocycles. The van der Waals surface area contributed by atoms with E-state index >= 15 is 0 Å². The molecule has 110 valence electrons. The minimum atomic E-state index is -0.937. The van der Waals surface area contributed by atoms with Crippen molar-refractivity contribution in [3.63, 3.8) is 0 Å². The fourth-order valence-electron chi connectivity index (χ4n) is 2.52. The third-order valence-corrected chi connectivity index (χ3v) is 4.16. The van der Waals surface area contributed by atoms with E-state index in [0.29, 0.717) is 16.7 Å². The number of nitrogens with zero attached hydrogens (tertiary/aromatic N) is 1. The number of nitrogens with one attached hydrogen (secondary N) is 1. The summed E-state index contributed by atoms with van der Waals surface area (Å²) in [6.45, 7) is 4.02. The topological polar surface area (TPSA) is 52.6 Å². The van der Waals surface area contributed by atoms with E-state index in [4.69, 9.17) is 0 Å². The summed E-state index contributed by atoms with van der Waals surface area (Å²) in [5, 5.41) is 12.9. The second-order valence-corrected chi connectivity index (χ2v) is 6.41. The molecule has 1 fully saturated rings. The van der Waals surface area contributed by atoms with Gasteiger partial charge in [-0.15, -0.1) is 0 Å². The number of urea groups is 1. The predicted octanol–water partition coefficient (Wildman–Crippen LogP) is 3.36. The van der Waals surface area contributed by atoms with Crippen LogP contribution >= 0.6 is 15.9 Å². The first-order chi connectivity index (χ1) is 9.29. The third-order valence-electron chi connectivity index (χ3n) is 3.50. The van der Waals surface area contributed by atoms with E-state index in [2.05, 4.69) is 21.2 Å². The fraction of sp³-hybridized carbons (Fsp3) is 0.500. The monoisotopic (exact) mass is 344 g/mol. The highest BCUT2D eigenvalue weighted by molar-refractivity contribution is 9.10. The van der Waals surface area contributed by atoms with Gasteiger partial charge < -0.3 is 15.3 Å². The van der Waals surface area contributed by atoms with E-state index in [0.717, 1.165) is 12.8 Å². The minimum absolute atomic E-state index is 0.207. The molecule has 0 radical (unpaired) electrons. The molecule has 2 amide bonds. The molecule has 0 saturated carbocycles. The summed E-state index contributed by atoms with van der Waals surface area (Å²) < 4.78 is 13.5. The number of amides is 2. The Bertz CT molecular complexity index is 516. The Labute approximate surface area is 126 Å². The van der Waals surface area contributed by atoms with Gasteiger partial charge in [-0.1, -0.05) is 0 Å². The molecule has 1 atom stereocenters. The SMILES string of the molecule is CC(C)(O)C1CCCN1C(=O)Nc1ccc(F)cc1Br. The lowest BCUT2D eigenvalue weighted by molar-refractivity contribution is 0.0117. The molecule has 0 aromatic heterocycles. The summed E-state index contributed by atoms with van der Waals surface area (Å²) in [6, 6.07) is 3.61. The lowest BCUT2D eigenvalue weighted by Gasteiger charge is -2.33. The Hall–Kier alpha value is -1.14. The van der Waals surface area contributed by atoms with Gasteiger partial charge in [0.1, 0.15) is 5.82 Å². The van der Waals surface area contributed by atoms with Crippen molar-refractivity contribution < 1.29 is 14.3 Å². The molecule has 2 N–H and O–H groups in total. The minimum Gasteiger partial charge on any atom is -0.388 e. The van der Waals surface area contributed by atoms with E-state index in [-0.39, 0.29) is 17.9 Å². The molecule has 0 bridgehead atoms. The van der Waals surface area contributed by atoms with E-state index < -0.39 is 5.60 Å². The number of carbonyl (C=O) groups is 1. The molecule has 1 aliphatic heterocycles. The van der Waals surface area contributed by atoms with Crippen molar-refractivity contribution >= 4 is 27.6 Å². The number of hydrogen-bond donors (Lipinski definition) is 2. The Morgan fingerprint density at radius 2 is 2.25 bits per heavy atom. The van der Waals surface area contributed by atoms with Crippen LogP contribution in [0.25, 0.3) is 0 Å². The number of benzene rings is 1. The van der Waals surface area contributed by atoms with Gasteiger partial charge in [0.05, 0.1) is 17.3 Å². The summed E-state index contributed by atoms with van der Waals surface area (Å²) in [5.41, 5.74) is -0.425. The van der Waals surface area contributed by atoms with Crippen LogP contribution in [0.2, 0.25) is 0 Å². The van der Waals surface area contributed by atoms with Gasteiger partial charge in [-0.25, -0.2) is 9.18 Å². The Kier molecular flexibility index (Phi) is 4.34. The fourth-order valence-corrected chi connectivity index (χ4v) is 2.97. The van der Waals surface area contributed by atoms with Crippen molar-refractivity contribution in [1.82, 2.24) is 4.90 Å². The van der Waals surface area contributed by atoms with Gasteiger partial charge in [-0.2, -0.15) is 0 Å². The average molecular weight is 345 g/mol. The molecule has 1 saturated heterocycles. The number of likely N-dealkylation sites (tertiary alicyclic amines) is 1. The number of hydrogen-bond acceptors (Lipinski definition) is 2. The van der Waals surface area contributed by atoms with E-state index in [9.17, 15) is 14.3 Å². The lowest BCUT2D eigenvalue weighted by Crippen LogP contribution is -2.49. The molecule has 20 heavy (non-hydrogen) atoms. The first kappa shape index (κ1) is 15.3. The van der Waals surface area contributed by atoms with Gasteiger partial charge >= 0.3 is 6.03 Å². The Balaban J connectivity index is 2.12. The van der Waals surface area contributed by atoms with Crippen molar-refractivity contribution in [3.05, 3.63) is 28.5 Å². The zero-order chi connectivity index (χ0) is 14.9. The Morgan fingerprint density at radius 1 is 1.55 bits per heavy atom. The summed E-state index contributed by atoms with van der Waals surface area (Å²) in [7, 11) is 0. The molecule has 1 aliphatic rings. The first-order valence-corrected chi connectivity index (χ1v) is 7.33. The largest absolute Gasteiger partial charge is 0.388 e. The van der Waals surface area contributed by atoms with Crippen molar-refractivity contribution in [2.75, 3.05) is 11.9 Å². The van der Waals surface area contributed by atoms with E-state index in [1.54, 1.807) is 18.7 Å². The number of rotatable bonds is 2. The maximum Gasteiger partial charge on any atom is 0.322 e. The quantitative estimate of drug-likeness (QED) is 0.864. The van der Waals surface area contributed by atoms with Crippen molar-refractivity contribution in [2.45, 2.75) is 38.3 Å². The van der Waals surface area contributed by atoms with Gasteiger partial charge in [-0.05, 0) is 60.8 Å². The summed E-state index contributed by atoms with van der Waals surface area (Å²) in [4.78, 5) is 13.9. The second kappa shape index (κ2) is 5.69. The number of halogens is 2. The number of anilines is 1. The van der Waals surface area contributed by atoms with Gasteiger partial charge in [0.15, 0.2) is 0 Å². The van der Waals surface area contributed by atoms with Crippen LogP contribution in [0, 0.1) is 5.82 Å². The van der Waals surface area contributed by atoms with E-state index in [1.807, 2.05) is 0 Å². The highest BCUT2D eigenvalue weighted by Gasteiger charge is 2.38. The highest BCUT2D eigenvalue weighted by Crippen LogP contribution is 2.29. The molecule has 1 aromatic rings. The van der Waals surface area contributed by atoms with Crippen molar-refractivity contribution in [2.24, 2.45) is 0 Å². The van der Waals surface area contributed by atoms with Crippen LogP contribution in [0.4, 0.5) is 14.9 Å². The van der Waals surface area contributed by atoms with Crippen molar-refractivity contribution in [3.8, 4) is 0 Å². The summed E-state index contributed by atoms with van der Waals surface area (Å²) >= 11 is 3.22. The van der Waals surface area contributed by atoms with Crippen LogP contribution in [-0.4, -0.2) is 34.2 Å². The normalized spacial score (nSPS) is 19.2. The van der Waals surface area contributed by atoms with Crippen LogP contribution in [0.15, 0.2) is 22.7 Å². The molecular formula is C14H18BrFN2O2. The zero-order valence-corrected chi connectivity index (χ0v) is 13.1. The standard InChI is InChI=1S/C14H18BrFN2O2/c1-14(2,20)12-4-3-7-18(12)13(19)17-11-6-5-9(16)8-10(11)15/h5-6,8,12,20H,3-4,7H2,1-2H3,(H,17,19). The maximum absolute atomic E-state index is 13.0. The smallest absolute Gasteiger partial charge is 0.322 e. The van der Waals surface area contributed by atoms with Crippen LogP contribution < -0.4 is 5.32 Å². The van der Waals surface area contributed by atoms with Gasteiger partial charge in [0.2, 0.25) is 0 Å². The molecule has 6 heteroatoms. The predicted molar refractivity (Wildman–Crippen MR) is 79.1 cm³/mol. The molecule has 1 unspecified atom stereocenters. The van der Waals surface area contributed by atoms with Crippen molar-refractivity contribution in [1.29, 1.82) is 0 Å². The Morgan fingerprint density at radius 3 is 2.85 bits per heavy atom. The zero-order valence-electron chi connectivity index (χ0n) is 11.5. The molecular weight excluding hydrogens is 327 g/mol. The van der Waals surface area contributed by atoms with Crippen LogP contribution in [-0.2, 0) is 0 Å². The summed E-state index contributed by atoms with van der Waals surface area (Å²) in [6.07, 6.45) is 1.65. The number of carbonyl (C=O) groups excluding carboxylic acids is 1.